The van der Waals surface area contributed by atoms with Gasteiger partial charge in [-0.15, -0.1) is 0 Å². The molecule has 14 heavy (non-hydrogen) atoms. The number of nitrogens with two attached hydrogens (primary N) is 1. The van der Waals surface area contributed by atoms with Gasteiger partial charge in [0, 0.05) is 6.42 Å². The molecule has 3 heteroatoms. The van der Waals surface area contributed by atoms with E-state index < -0.39 is 5.97 Å². The zero-order valence-corrected chi connectivity index (χ0v) is 8.91. The number of carboxylic acid groups (broad SMARTS) is 1. The Morgan fingerprint density at radius 2 is 2.21 bits per heavy atom. The van der Waals surface area contributed by atoms with Crippen molar-refractivity contribution < 1.29 is 9.90 Å². The molecule has 0 aromatic heterocycles. The topological polar surface area (TPSA) is 63.3 Å². The van der Waals surface area contributed by atoms with E-state index in [9.17, 15) is 4.79 Å². The van der Waals surface area contributed by atoms with E-state index in [0.29, 0.717) is 12.5 Å². The van der Waals surface area contributed by atoms with E-state index in [1.807, 2.05) is 0 Å². The van der Waals surface area contributed by atoms with E-state index >= 15 is 0 Å². The average Bonchev–Trinajstić information content (AvgIpc) is 2.86. The first-order chi connectivity index (χ1) is 6.61. The van der Waals surface area contributed by atoms with E-state index in [1.165, 1.54) is 19.3 Å². The fourth-order valence-corrected chi connectivity index (χ4v) is 2.10. The zero-order chi connectivity index (χ0) is 10.6. The van der Waals surface area contributed by atoms with Gasteiger partial charge in [0.1, 0.15) is 0 Å². The molecule has 0 aromatic carbocycles. The second kappa shape index (κ2) is 5.35. The molecule has 1 aliphatic carbocycles. The van der Waals surface area contributed by atoms with Gasteiger partial charge in [0.05, 0.1) is 0 Å². The van der Waals surface area contributed by atoms with Crippen molar-refractivity contribution in [2.75, 3.05) is 6.54 Å². The Morgan fingerprint density at radius 3 is 2.64 bits per heavy atom. The van der Waals surface area contributed by atoms with Crippen molar-refractivity contribution in [2.45, 2.75) is 39.0 Å². The molecule has 3 N–H and O–H groups in total. The number of hydrogen-bond donors (Lipinski definition) is 2. The highest BCUT2D eigenvalue weighted by atomic mass is 16.4. The monoisotopic (exact) mass is 199 g/mol. The molecule has 3 nitrogen and oxygen atoms in total. The van der Waals surface area contributed by atoms with Gasteiger partial charge >= 0.3 is 5.97 Å². The third-order valence-corrected chi connectivity index (χ3v) is 2.96. The maximum Gasteiger partial charge on any atom is 0.303 e. The number of carbonyl (C=O) groups is 1. The molecule has 0 heterocycles. The Kier molecular flexibility index (Phi) is 4.39. The van der Waals surface area contributed by atoms with Crippen LogP contribution in [0.1, 0.15) is 39.0 Å². The Bertz CT molecular complexity index is 190. The lowest BCUT2D eigenvalue weighted by atomic mass is 9.90. The molecule has 2 atom stereocenters. The van der Waals surface area contributed by atoms with Gasteiger partial charge in [0.25, 0.3) is 0 Å². The smallest absolute Gasteiger partial charge is 0.303 e. The van der Waals surface area contributed by atoms with Gasteiger partial charge in [-0.3, -0.25) is 4.79 Å². The van der Waals surface area contributed by atoms with Crippen LogP contribution >= 0.6 is 0 Å². The molecule has 0 amide bonds. The highest BCUT2D eigenvalue weighted by Crippen LogP contribution is 2.36. The Labute approximate surface area is 85.7 Å². The van der Waals surface area contributed by atoms with Crippen LogP contribution < -0.4 is 5.73 Å². The van der Waals surface area contributed by atoms with Crippen molar-refractivity contribution in [3.8, 4) is 0 Å². The molecule has 0 radical (unpaired) electrons. The Balaban J connectivity index is 2.19. The lowest BCUT2D eigenvalue weighted by Crippen LogP contribution is -2.20. The molecule has 1 fully saturated rings. The summed E-state index contributed by atoms with van der Waals surface area (Å²) in [5.41, 5.74) is 5.55. The summed E-state index contributed by atoms with van der Waals surface area (Å²) in [6.45, 7) is 2.71. The second-order valence-electron chi connectivity index (χ2n) is 4.72. The van der Waals surface area contributed by atoms with E-state index in [0.717, 1.165) is 12.3 Å². The molecular formula is C11H21NO2. The minimum atomic E-state index is -0.723. The first kappa shape index (κ1) is 11.5. The van der Waals surface area contributed by atoms with Gasteiger partial charge in [0.2, 0.25) is 0 Å². The van der Waals surface area contributed by atoms with Crippen molar-refractivity contribution in [3.05, 3.63) is 0 Å². The predicted molar refractivity (Wildman–Crippen MR) is 55.9 cm³/mol. The second-order valence-corrected chi connectivity index (χ2v) is 4.72. The number of carboxylic acids is 1. The highest BCUT2D eigenvalue weighted by molar-refractivity contribution is 5.67. The first-order valence-electron chi connectivity index (χ1n) is 5.53. The molecule has 0 bridgehead atoms. The number of hydrogen-bond acceptors (Lipinski definition) is 2. The summed E-state index contributed by atoms with van der Waals surface area (Å²) >= 11 is 0. The summed E-state index contributed by atoms with van der Waals surface area (Å²) < 4.78 is 0. The molecule has 1 unspecified atom stereocenters. The Morgan fingerprint density at radius 1 is 1.57 bits per heavy atom. The molecule has 1 aliphatic rings. The van der Waals surface area contributed by atoms with E-state index in [4.69, 9.17) is 10.8 Å². The summed E-state index contributed by atoms with van der Waals surface area (Å²) in [7, 11) is 0. The third-order valence-electron chi connectivity index (χ3n) is 2.96. The zero-order valence-electron chi connectivity index (χ0n) is 8.91. The van der Waals surface area contributed by atoms with E-state index in [-0.39, 0.29) is 12.3 Å². The van der Waals surface area contributed by atoms with Gasteiger partial charge in [0.15, 0.2) is 0 Å². The number of aliphatic carboxylic acids is 1. The molecular weight excluding hydrogens is 178 g/mol. The molecule has 1 saturated carbocycles. The van der Waals surface area contributed by atoms with Gasteiger partial charge < -0.3 is 10.8 Å². The highest BCUT2D eigenvalue weighted by Gasteiger charge is 2.25. The fourth-order valence-electron chi connectivity index (χ4n) is 2.10. The SMILES string of the molecule is CC(CC1CC1)C[C@H](CN)CC(=O)O. The largest absolute Gasteiger partial charge is 0.481 e. The standard InChI is InChI=1S/C11H21NO2/c1-8(4-9-2-3-9)5-10(7-12)6-11(13)14/h8-10H,2-7,12H2,1H3,(H,13,14)/t8?,10-/m0/s1. The van der Waals surface area contributed by atoms with Crippen LogP contribution in [0.5, 0.6) is 0 Å². The van der Waals surface area contributed by atoms with Crippen LogP contribution in [0.15, 0.2) is 0 Å². The molecule has 0 saturated heterocycles. The summed E-state index contributed by atoms with van der Waals surface area (Å²) in [4.78, 5) is 10.5. The average molecular weight is 199 g/mol. The van der Waals surface area contributed by atoms with Crippen LogP contribution in [0.3, 0.4) is 0 Å². The minimum Gasteiger partial charge on any atom is -0.481 e. The fraction of sp³-hybridized carbons (Fsp3) is 0.909. The van der Waals surface area contributed by atoms with Crippen molar-refractivity contribution in [2.24, 2.45) is 23.5 Å². The van der Waals surface area contributed by atoms with Crippen LogP contribution in [0.25, 0.3) is 0 Å². The lowest BCUT2D eigenvalue weighted by molar-refractivity contribution is -0.138. The van der Waals surface area contributed by atoms with E-state index in [1.54, 1.807) is 0 Å². The summed E-state index contributed by atoms with van der Waals surface area (Å²) in [5.74, 6) is 1.00. The lowest BCUT2D eigenvalue weighted by Gasteiger charge is -2.17. The van der Waals surface area contributed by atoms with Crippen LogP contribution in [0.2, 0.25) is 0 Å². The van der Waals surface area contributed by atoms with Crippen LogP contribution in [0.4, 0.5) is 0 Å². The maximum atomic E-state index is 10.5. The van der Waals surface area contributed by atoms with Gasteiger partial charge in [-0.05, 0) is 37.1 Å². The van der Waals surface area contributed by atoms with Crippen LogP contribution in [-0.4, -0.2) is 17.6 Å². The summed E-state index contributed by atoms with van der Waals surface area (Å²) in [5, 5.41) is 8.67. The van der Waals surface area contributed by atoms with Gasteiger partial charge in [-0.25, -0.2) is 0 Å². The minimum absolute atomic E-state index is 0.168. The van der Waals surface area contributed by atoms with Crippen LogP contribution in [-0.2, 0) is 4.79 Å². The third kappa shape index (κ3) is 4.61. The van der Waals surface area contributed by atoms with Crippen LogP contribution in [0, 0.1) is 17.8 Å². The molecule has 0 aliphatic heterocycles. The molecule has 0 spiro atoms. The molecule has 0 aromatic rings. The van der Waals surface area contributed by atoms with Crippen molar-refractivity contribution in [1.29, 1.82) is 0 Å². The maximum absolute atomic E-state index is 10.5. The summed E-state index contributed by atoms with van der Waals surface area (Å²) in [6, 6.07) is 0. The van der Waals surface area contributed by atoms with Crippen molar-refractivity contribution in [1.82, 2.24) is 0 Å². The van der Waals surface area contributed by atoms with Gasteiger partial charge in [-0.2, -0.15) is 0 Å². The van der Waals surface area contributed by atoms with Gasteiger partial charge in [-0.1, -0.05) is 19.8 Å². The number of rotatable bonds is 7. The Hall–Kier alpha value is -0.570. The summed E-state index contributed by atoms with van der Waals surface area (Å²) in [6.07, 6.45) is 5.20. The van der Waals surface area contributed by atoms with Crippen molar-refractivity contribution >= 4 is 5.97 Å². The quantitative estimate of drug-likeness (QED) is 0.658. The first-order valence-corrected chi connectivity index (χ1v) is 5.53. The molecule has 82 valence electrons. The predicted octanol–water partition coefficient (Wildman–Crippen LogP) is 1.86. The van der Waals surface area contributed by atoms with Crippen molar-refractivity contribution in [3.63, 3.8) is 0 Å². The normalized spacial score (nSPS) is 20.4. The van der Waals surface area contributed by atoms with E-state index in [2.05, 4.69) is 6.92 Å². The molecule has 1 rings (SSSR count).